The van der Waals surface area contributed by atoms with E-state index < -0.39 is 0 Å². The first kappa shape index (κ1) is 23.9. The lowest BCUT2D eigenvalue weighted by Gasteiger charge is -2.31. The van der Waals surface area contributed by atoms with Crippen LogP contribution in [0.1, 0.15) is 58.6 Å². The Balaban J connectivity index is 1.12. The molecular weight excluding hydrogens is 467 g/mol. The summed E-state index contributed by atoms with van der Waals surface area (Å²) < 4.78 is 18.6. The molecule has 2 aromatic carbocycles. The maximum absolute atomic E-state index is 13.3. The van der Waals surface area contributed by atoms with Crippen molar-refractivity contribution in [1.29, 1.82) is 0 Å². The van der Waals surface area contributed by atoms with Crippen molar-refractivity contribution in [1.82, 2.24) is 10.1 Å². The molecule has 5 rings (SSSR count). The van der Waals surface area contributed by atoms with Gasteiger partial charge in [0.2, 0.25) is 0 Å². The van der Waals surface area contributed by atoms with E-state index in [4.69, 9.17) is 16.1 Å². The molecule has 0 radical (unpaired) electrons. The first-order chi connectivity index (χ1) is 17.0. The van der Waals surface area contributed by atoms with Crippen LogP contribution in [0.25, 0.3) is 11.3 Å². The number of fused-ring (bicyclic) bond motifs is 1. The summed E-state index contributed by atoms with van der Waals surface area (Å²) in [6.07, 6.45) is 4.90. The van der Waals surface area contributed by atoms with Crippen LogP contribution in [0, 0.1) is 17.7 Å². The van der Waals surface area contributed by atoms with E-state index in [2.05, 4.69) is 10.1 Å². The normalized spacial score (nSPS) is 19.0. The van der Waals surface area contributed by atoms with E-state index in [9.17, 15) is 14.0 Å². The average molecular weight is 495 g/mol. The van der Waals surface area contributed by atoms with Crippen LogP contribution in [0.3, 0.4) is 0 Å². The Kier molecular flexibility index (Phi) is 7.12. The van der Waals surface area contributed by atoms with Crippen LogP contribution in [0.4, 0.5) is 4.39 Å². The monoisotopic (exact) mass is 494 g/mol. The number of aromatic nitrogens is 1. The average Bonchev–Trinajstić information content (AvgIpc) is 3.31. The summed E-state index contributed by atoms with van der Waals surface area (Å²) in [7, 11) is 0. The van der Waals surface area contributed by atoms with Crippen molar-refractivity contribution in [3.05, 3.63) is 76.3 Å². The van der Waals surface area contributed by atoms with Gasteiger partial charge in [-0.15, -0.1) is 0 Å². The van der Waals surface area contributed by atoms with Crippen LogP contribution in [-0.2, 0) is 6.42 Å². The first-order valence-electron chi connectivity index (χ1n) is 12.3. The van der Waals surface area contributed by atoms with E-state index in [1.807, 2.05) is 12.1 Å². The molecule has 0 amide bonds. The topological polar surface area (TPSA) is 63.4 Å². The lowest BCUT2D eigenvalue weighted by atomic mass is 9.82. The summed E-state index contributed by atoms with van der Waals surface area (Å²) >= 11 is 6.00. The Morgan fingerprint density at radius 1 is 1.06 bits per heavy atom. The highest BCUT2D eigenvalue weighted by atomic mass is 35.5. The van der Waals surface area contributed by atoms with Crippen molar-refractivity contribution in [2.24, 2.45) is 11.8 Å². The molecule has 0 N–H and O–H groups in total. The lowest BCUT2D eigenvalue weighted by molar-refractivity contribution is 0.0825. The molecule has 0 saturated carbocycles. The number of aryl methyl sites for hydroxylation is 1. The summed E-state index contributed by atoms with van der Waals surface area (Å²) in [4.78, 5) is 28.4. The number of carbonyl (C=O) groups is 2. The number of carbonyl (C=O) groups excluding carboxylic acids is 2. The van der Waals surface area contributed by atoms with Crippen molar-refractivity contribution < 1.29 is 18.5 Å². The number of halogens is 2. The van der Waals surface area contributed by atoms with Gasteiger partial charge in [0.25, 0.3) is 0 Å². The smallest absolute Gasteiger partial charge is 0.171 e. The zero-order valence-corrected chi connectivity index (χ0v) is 20.3. The Bertz CT molecular complexity index is 1200. The van der Waals surface area contributed by atoms with Crippen LogP contribution >= 0.6 is 11.6 Å². The third-order valence-electron chi connectivity index (χ3n) is 7.33. The molecule has 182 valence electrons. The van der Waals surface area contributed by atoms with Gasteiger partial charge in [0.05, 0.1) is 5.56 Å². The highest BCUT2D eigenvalue weighted by molar-refractivity contribution is 6.30. The molecule has 5 nitrogen and oxygen atoms in total. The van der Waals surface area contributed by atoms with E-state index in [0.29, 0.717) is 27.6 Å². The van der Waals surface area contributed by atoms with Crippen LogP contribution in [0.15, 0.2) is 53.1 Å². The van der Waals surface area contributed by atoms with Crippen molar-refractivity contribution in [3.63, 3.8) is 0 Å². The molecule has 1 aromatic heterocycles. The molecule has 2 heterocycles. The molecule has 7 heteroatoms. The maximum Gasteiger partial charge on any atom is 0.171 e. The molecule has 2 aliphatic rings. The molecule has 1 aliphatic heterocycles. The molecule has 3 aromatic rings. The zero-order chi connectivity index (χ0) is 24.4. The molecule has 0 bridgehead atoms. The number of hydrogen-bond acceptors (Lipinski definition) is 5. The van der Waals surface area contributed by atoms with E-state index in [-0.39, 0.29) is 29.2 Å². The quantitative estimate of drug-likeness (QED) is 0.363. The van der Waals surface area contributed by atoms with Crippen LogP contribution in [-0.4, -0.2) is 41.3 Å². The van der Waals surface area contributed by atoms with Crippen molar-refractivity contribution in [3.8, 4) is 11.3 Å². The minimum atomic E-state index is -0.325. The third kappa shape index (κ3) is 5.24. The number of piperidine rings is 1. The summed E-state index contributed by atoms with van der Waals surface area (Å²) in [6.45, 7) is 2.65. The van der Waals surface area contributed by atoms with Gasteiger partial charge < -0.3 is 9.42 Å². The van der Waals surface area contributed by atoms with Gasteiger partial charge in [0.15, 0.2) is 11.6 Å². The summed E-state index contributed by atoms with van der Waals surface area (Å²) in [6, 6.07) is 13.1. The van der Waals surface area contributed by atoms with Gasteiger partial charge in [0, 0.05) is 34.4 Å². The van der Waals surface area contributed by atoms with Crippen LogP contribution in [0.2, 0.25) is 5.02 Å². The van der Waals surface area contributed by atoms with Gasteiger partial charge in [0.1, 0.15) is 17.3 Å². The molecule has 1 fully saturated rings. The fourth-order valence-electron chi connectivity index (χ4n) is 5.30. The van der Waals surface area contributed by atoms with Gasteiger partial charge in [-0.1, -0.05) is 28.9 Å². The fraction of sp³-hybridized carbons (Fsp3) is 0.393. The van der Waals surface area contributed by atoms with Gasteiger partial charge in [-0.3, -0.25) is 9.59 Å². The third-order valence-corrected chi connectivity index (χ3v) is 7.58. The standard InChI is InChI=1S/C28H28ClFN2O3/c29-22-8-3-18(4-9-22)26-25-24(35-31-26)12-7-19(28(25)34)2-1-15-32-16-13-21(14-17-32)27(33)20-5-10-23(30)11-6-20/h3-6,8-11,19,21H,1-2,7,12-17H2. The first-order valence-corrected chi connectivity index (χ1v) is 12.7. The summed E-state index contributed by atoms with van der Waals surface area (Å²) in [5, 5.41) is 4.83. The van der Waals surface area contributed by atoms with E-state index in [1.165, 1.54) is 12.1 Å². The van der Waals surface area contributed by atoms with Gasteiger partial charge in [-0.2, -0.15) is 0 Å². The molecule has 1 atom stereocenters. The van der Waals surface area contributed by atoms with E-state index in [1.54, 1.807) is 24.3 Å². The van der Waals surface area contributed by atoms with Gasteiger partial charge in [-0.25, -0.2) is 4.39 Å². The van der Waals surface area contributed by atoms with E-state index >= 15 is 0 Å². The second-order valence-electron chi connectivity index (χ2n) is 9.57. The molecule has 35 heavy (non-hydrogen) atoms. The number of ketones is 2. The molecule has 1 aliphatic carbocycles. The predicted octanol–water partition coefficient (Wildman–Crippen LogP) is 6.25. The number of nitrogens with zero attached hydrogens (tertiary/aromatic N) is 2. The van der Waals surface area contributed by atoms with Crippen molar-refractivity contribution >= 4 is 23.2 Å². The largest absolute Gasteiger partial charge is 0.360 e. The maximum atomic E-state index is 13.3. The number of rotatable bonds is 7. The van der Waals surface area contributed by atoms with Crippen molar-refractivity contribution in [2.45, 2.75) is 38.5 Å². The van der Waals surface area contributed by atoms with Crippen molar-refractivity contribution in [2.75, 3.05) is 19.6 Å². The Hall–Kier alpha value is -2.83. The highest BCUT2D eigenvalue weighted by Crippen LogP contribution is 2.35. The van der Waals surface area contributed by atoms with Crippen LogP contribution in [0.5, 0.6) is 0 Å². The lowest BCUT2D eigenvalue weighted by Crippen LogP contribution is -2.37. The SMILES string of the molecule is O=C(c1ccc(F)cc1)C1CCN(CCCC2CCc3onc(-c4ccc(Cl)cc4)c3C2=O)CC1. The number of Topliss-reactive ketones (excluding diaryl/α,β-unsaturated/α-hetero) is 2. The highest BCUT2D eigenvalue weighted by Gasteiger charge is 2.34. The predicted molar refractivity (Wildman–Crippen MR) is 132 cm³/mol. The number of benzene rings is 2. The fourth-order valence-corrected chi connectivity index (χ4v) is 5.43. The summed E-state index contributed by atoms with van der Waals surface area (Å²) in [5.74, 6) is 0.568. The van der Waals surface area contributed by atoms with Crippen LogP contribution < -0.4 is 0 Å². The zero-order valence-electron chi connectivity index (χ0n) is 19.5. The number of hydrogen-bond donors (Lipinski definition) is 0. The Labute approximate surface area is 209 Å². The molecule has 1 unspecified atom stereocenters. The minimum absolute atomic E-state index is 0.00469. The van der Waals surface area contributed by atoms with Gasteiger partial charge >= 0.3 is 0 Å². The van der Waals surface area contributed by atoms with E-state index in [0.717, 1.165) is 63.7 Å². The summed E-state index contributed by atoms with van der Waals surface area (Å²) in [5.41, 5.74) is 2.67. The second-order valence-corrected chi connectivity index (χ2v) is 10.0. The molecule has 1 saturated heterocycles. The minimum Gasteiger partial charge on any atom is -0.360 e. The molecular formula is C28H28ClFN2O3. The number of likely N-dealkylation sites (tertiary alicyclic amines) is 1. The Morgan fingerprint density at radius 3 is 2.49 bits per heavy atom. The van der Waals surface area contributed by atoms with Gasteiger partial charge in [-0.05, 0) is 88.1 Å². The second kappa shape index (κ2) is 10.4. The molecule has 0 spiro atoms. The Morgan fingerprint density at radius 2 is 1.77 bits per heavy atom.